The lowest BCUT2D eigenvalue weighted by Crippen LogP contribution is -2.25. The average molecular weight is 310 g/mol. The Bertz CT molecular complexity index is 848. The summed E-state index contributed by atoms with van der Waals surface area (Å²) in [5.41, 5.74) is 4.04. The van der Waals surface area contributed by atoms with Crippen LogP contribution in [0.5, 0.6) is 0 Å². The SMILES string of the molecule is Cc1cc(C(=O)NCc2cccnc2-c2cnn(C)c2)n(C)n1. The number of nitrogens with one attached hydrogen (secondary N) is 1. The quantitative estimate of drug-likeness (QED) is 0.791. The normalized spacial score (nSPS) is 10.7. The fourth-order valence-corrected chi connectivity index (χ4v) is 2.47. The van der Waals surface area contributed by atoms with Crippen molar-refractivity contribution in [3.8, 4) is 11.3 Å². The van der Waals surface area contributed by atoms with Crippen LogP contribution in [-0.2, 0) is 20.6 Å². The van der Waals surface area contributed by atoms with E-state index in [1.54, 1.807) is 34.9 Å². The lowest BCUT2D eigenvalue weighted by molar-refractivity contribution is 0.0941. The number of amides is 1. The Morgan fingerprint density at radius 2 is 2.17 bits per heavy atom. The first-order valence-corrected chi connectivity index (χ1v) is 7.26. The van der Waals surface area contributed by atoms with Crippen LogP contribution in [0.2, 0.25) is 0 Å². The van der Waals surface area contributed by atoms with Crippen LogP contribution < -0.4 is 5.32 Å². The number of hydrogen-bond acceptors (Lipinski definition) is 4. The van der Waals surface area contributed by atoms with Crippen molar-refractivity contribution in [2.75, 3.05) is 0 Å². The standard InChI is InChI=1S/C16H18N6O/c1-11-7-14(22(3)20-11)16(23)18-8-12-5-4-6-17-15(12)13-9-19-21(2)10-13/h4-7,9-10H,8H2,1-3H3,(H,18,23). The number of rotatable bonds is 4. The Labute approximate surface area is 134 Å². The summed E-state index contributed by atoms with van der Waals surface area (Å²) in [4.78, 5) is 16.7. The lowest BCUT2D eigenvalue weighted by Gasteiger charge is -2.08. The van der Waals surface area contributed by atoms with Crippen LogP contribution in [0.1, 0.15) is 21.7 Å². The molecule has 0 aliphatic carbocycles. The van der Waals surface area contributed by atoms with Crippen molar-refractivity contribution >= 4 is 5.91 Å². The minimum Gasteiger partial charge on any atom is -0.347 e. The first-order valence-electron chi connectivity index (χ1n) is 7.26. The molecule has 118 valence electrons. The molecule has 3 heterocycles. The number of nitrogens with zero attached hydrogens (tertiary/aromatic N) is 5. The highest BCUT2D eigenvalue weighted by Crippen LogP contribution is 2.20. The van der Waals surface area contributed by atoms with Crippen molar-refractivity contribution in [1.82, 2.24) is 29.9 Å². The summed E-state index contributed by atoms with van der Waals surface area (Å²) in [5.74, 6) is -0.158. The van der Waals surface area contributed by atoms with Crippen molar-refractivity contribution in [2.45, 2.75) is 13.5 Å². The van der Waals surface area contributed by atoms with Crippen molar-refractivity contribution in [3.05, 3.63) is 53.7 Å². The van der Waals surface area contributed by atoms with Crippen LogP contribution in [0.4, 0.5) is 0 Å². The van der Waals surface area contributed by atoms with Gasteiger partial charge in [-0.05, 0) is 24.6 Å². The highest BCUT2D eigenvalue weighted by molar-refractivity contribution is 5.92. The predicted molar refractivity (Wildman–Crippen MR) is 85.6 cm³/mol. The zero-order chi connectivity index (χ0) is 16.4. The molecule has 0 aliphatic rings. The third-order valence-corrected chi connectivity index (χ3v) is 3.54. The van der Waals surface area contributed by atoms with E-state index in [9.17, 15) is 4.79 Å². The molecule has 0 saturated carbocycles. The van der Waals surface area contributed by atoms with E-state index in [-0.39, 0.29) is 5.91 Å². The van der Waals surface area contributed by atoms with Crippen LogP contribution >= 0.6 is 0 Å². The Morgan fingerprint density at radius 3 is 2.83 bits per heavy atom. The predicted octanol–water partition coefficient (Wildman–Crippen LogP) is 1.45. The molecule has 0 spiro atoms. The van der Waals surface area contributed by atoms with Crippen LogP contribution in [0.3, 0.4) is 0 Å². The third-order valence-electron chi connectivity index (χ3n) is 3.54. The van der Waals surface area contributed by atoms with E-state index < -0.39 is 0 Å². The van der Waals surface area contributed by atoms with E-state index in [1.807, 2.05) is 32.3 Å². The molecular formula is C16H18N6O. The molecule has 7 nitrogen and oxygen atoms in total. The minimum absolute atomic E-state index is 0.158. The van der Waals surface area contributed by atoms with Gasteiger partial charge in [0.2, 0.25) is 0 Å². The summed E-state index contributed by atoms with van der Waals surface area (Å²) in [6.45, 7) is 2.25. The van der Waals surface area contributed by atoms with Gasteiger partial charge in [0.25, 0.3) is 5.91 Å². The van der Waals surface area contributed by atoms with Crippen molar-refractivity contribution in [2.24, 2.45) is 14.1 Å². The summed E-state index contributed by atoms with van der Waals surface area (Å²) >= 11 is 0. The monoisotopic (exact) mass is 310 g/mol. The number of aryl methyl sites for hydroxylation is 3. The zero-order valence-electron chi connectivity index (χ0n) is 13.3. The largest absolute Gasteiger partial charge is 0.347 e. The fourth-order valence-electron chi connectivity index (χ4n) is 2.47. The average Bonchev–Trinajstić information content (AvgIpc) is 3.10. The zero-order valence-corrected chi connectivity index (χ0v) is 13.3. The third kappa shape index (κ3) is 3.13. The molecule has 0 atom stereocenters. The Balaban J connectivity index is 1.79. The summed E-state index contributed by atoms with van der Waals surface area (Å²) in [5, 5.41) is 11.3. The molecule has 0 bridgehead atoms. The van der Waals surface area contributed by atoms with Crippen LogP contribution in [0.25, 0.3) is 11.3 Å². The number of carbonyl (C=O) groups is 1. The van der Waals surface area contributed by atoms with E-state index in [2.05, 4.69) is 20.5 Å². The summed E-state index contributed by atoms with van der Waals surface area (Å²) in [7, 11) is 3.62. The van der Waals surface area contributed by atoms with Gasteiger partial charge in [-0.1, -0.05) is 6.07 Å². The minimum atomic E-state index is -0.158. The van der Waals surface area contributed by atoms with E-state index in [4.69, 9.17) is 0 Å². The van der Waals surface area contributed by atoms with E-state index in [0.717, 1.165) is 22.5 Å². The Morgan fingerprint density at radius 1 is 1.35 bits per heavy atom. The molecule has 0 aromatic carbocycles. The van der Waals surface area contributed by atoms with Gasteiger partial charge in [0.1, 0.15) is 5.69 Å². The van der Waals surface area contributed by atoms with Crippen LogP contribution in [-0.4, -0.2) is 30.5 Å². The lowest BCUT2D eigenvalue weighted by atomic mass is 10.1. The van der Waals surface area contributed by atoms with Gasteiger partial charge in [-0.2, -0.15) is 10.2 Å². The summed E-state index contributed by atoms with van der Waals surface area (Å²) in [6.07, 6.45) is 5.40. The molecule has 23 heavy (non-hydrogen) atoms. The van der Waals surface area contributed by atoms with Crippen molar-refractivity contribution in [1.29, 1.82) is 0 Å². The molecular weight excluding hydrogens is 292 g/mol. The Kier molecular flexibility index (Phi) is 3.92. The Hall–Kier alpha value is -2.96. The molecule has 3 aromatic heterocycles. The van der Waals surface area contributed by atoms with Gasteiger partial charge in [0, 0.05) is 38.6 Å². The molecule has 3 aromatic rings. The number of pyridine rings is 1. The molecule has 1 amide bonds. The molecule has 0 saturated heterocycles. The van der Waals surface area contributed by atoms with Gasteiger partial charge < -0.3 is 5.32 Å². The molecule has 7 heteroatoms. The first kappa shape index (κ1) is 15.0. The van der Waals surface area contributed by atoms with Gasteiger partial charge in [-0.3, -0.25) is 19.1 Å². The van der Waals surface area contributed by atoms with Crippen molar-refractivity contribution in [3.63, 3.8) is 0 Å². The van der Waals surface area contributed by atoms with Crippen LogP contribution in [0.15, 0.2) is 36.8 Å². The number of carbonyl (C=O) groups excluding carboxylic acids is 1. The molecule has 3 rings (SSSR count). The van der Waals surface area contributed by atoms with E-state index >= 15 is 0 Å². The van der Waals surface area contributed by atoms with Crippen LogP contribution in [0, 0.1) is 6.92 Å². The molecule has 0 aliphatic heterocycles. The summed E-state index contributed by atoms with van der Waals surface area (Å²) < 4.78 is 3.31. The maximum absolute atomic E-state index is 12.3. The second-order valence-corrected chi connectivity index (χ2v) is 5.39. The highest BCUT2D eigenvalue weighted by atomic mass is 16.2. The maximum atomic E-state index is 12.3. The number of hydrogen-bond donors (Lipinski definition) is 1. The topological polar surface area (TPSA) is 77.6 Å². The maximum Gasteiger partial charge on any atom is 0.269 e. The van der Waals surface area contributed by atoms with Gasteiger partial charge >= 0.3 is 0 Å². The number of aromatic nitrogens is 5. The van der Waals surface area contributed by atoms with E-state index in [0.29, 0.717) is 12.2 Å². The van der Waals surface area contributed by atoms with Gasteiger partial charge in [0.05, 0.1) is 17.6 Å². The fraction of sp³-hybridized carbons (Fsp3) is 0.250. The van der Waals surface area contributed by atoms with Crippen molar-refractivity contribution < 1.29 is 4.79 Å². The molecule has 0 unspecified atom stereocenters. The smallest absolute Gasteiger partial charge is 0.269 e. The highest BCUT2D eigenvalue weighted by Gasteiger charge is 2.13. The second-order valence-electron chi connectivity index (χ2n) is 5.39. The molecule has 0 radical (unpaired) electrons. The van der Waals surface area contributed by atoms with Gasteiger partial charge in [-0.15, -0.1) is 0 Å². The summed E-state index contributed by atoms with van der Waals surface area (Å²) in [6, 6.07) is 5.57. The van der Waals surface area contributed by atoms with E-state index in [1.165, 1.54) is 0 Å². The van der Waals surface area contributed by atoms with Gasteiger partial charge in [0.15, 0.2) is 0 Å². The molecule has 1 N–H and O–H groups in total. The van der Waals surface area contributed by atoms with Gasteiger partial charge in [-0.25, -0.2) is 0 Å². The second kappa shape index (κ2) is 6.04. The molecule has 0 fully saturated rings. The first-order chi connectivity index (χ1) is 11.0.